The topological polar surface area (TPSA) is 43.4 Å². The molecule has 0 saturated heterocycles. The van der Waals surface area contributed by atoms with Crippen molar-refractivity contribution in [3.05, 3.63) is 100 Å². The van der Waals surface area contributed by atoms with Gasteiger partial charge in [0.25, 0.3) is 0 Å². The van der Waals surface area contributed by atoms with Gasteiger partial charge >= 0.3 is 5.97 Å². The normalized spacial score (nSPS) is 11.1. The Kier molecular flexibility index (Phi) is 5.91. The maximum Gasteiger partial charge on any atom is 0.336 e. The van der Waals surface area contributed by atoms with Crippen LogP contribution >= 0.6 is 11.3 Å². The Balaban J connectivity index is 1.58. The molecule has 3 aromatic rings. The van der Waals surface area contributed by atoms with Crippen LogP contribution in [0.3, 0.4) is 0 Å². The molecule has 0 aliphatic carbocycles. The van der Waals surface area contributed by atoms with E-state index in [1.54, 1.807) is 47.8 Å². The standard InChI is InChI=1S/C22H16O3S/c23-21(14-13-20-7-4-16-26-20)18-9-11-19(12-10-18)25-22(24)15-8-17-5-2-1-3-6-17/h1-16H/b14-13?,15-8+. The van der Waals surface area contributed by atoms with Crippen molar-refractivity contribution in [3.8, 4) is 5.75 Å². The first-order chi connectivity index (χ1) is 12.7. The molecule has 0 saturated carbocycles. The van der Waals surface area contributed by atoms with Crippen LogP contribution in [0.15, 0.2) is 84.3 Å². The molecule has 0 atom stereocenters. The van der Waals surface area contributed by atoms with Crippen LogP contribution in [0.25, 0.3) is 12.2 Å². The van der Waals surface area contributed by atoms with Crippen molar-refractivity contribution in [3.63, 3.8) is 0 Å². The molecule has 0 fully saturated rings. The van der Waals surface area contributed by atoms with E-state index in [2.05, 4.69) is 0 Å². The second-order valence-electron chi connectivity index (χ2n) is 5.40. The number of hydrogen-bond acceptors (Lipinski definition) is 4. The lowest BCUT2D eigenvalue weighted by Gasteiger charge is -2.02. The largest absolute Gasteiger partial charge is 0.423 e. The first-order valence-electron chi connectivity index (χ1n) is 8.02. The lowest BCUT2D eigenvalue weighted by Crippen LogP contribution is -2.04. The van der Waals surface area contributed by atoms with Gasteiger partial charge in [0, 0.05) is 16.5 Å². The van der Waals surface area contributed by atoms with E-state index in [9.17, 15) is 9.59 Å². The van der Waals surface area contributed by atoms with Gasteiger partial charge in [-0.05, 0) is 59.5 Å². The van der Waals surface area contributed by atoms with E-state index in [0.717, 1.165) is 10.4 Å². The van der Waals surface area contributed by atoms with Gasteiger partial charge in [-0.2, -0.15) is 0 Å². The zero-order chi connectivity index (χ0) is 18.2. The Morgan fingerprint density at radius 1 is 0.808 bits per heavy atom. The van der Waals surface area contributed by atoms with Crippen molar-refractivity contribution >= 4 is 35.2 Å². The summed E-state index contributed by atoms with van der Waals surface area (Å²) in [6.07, 6.45) is 6.39. The third kappa shape index (κ3) is 5.13. The lowest BCUT2D eigenvalue weighted by molar-refractivity contribution is -0.128. The zero-order valence-electron chi connectivity index (χ0n) is 13.9. The summed E-state index contributed by atoms with van der Waals surface area (Å²) in [7, 11) is 0. The van der Waals surface area contributed by atoms with Gasteiger partial charge in [0.15, 0.2) is 5.78 Å². The summed E-state index contributed by atoms with van der Waals surface area (Å²) in [6, 6.07) is 19.9. The number of benzene rings is 2. The highest BCUT2D eigenvalue weighted by molar-refractivity contribution is 7.10. The maximum atomic E-state index is 12.1. The molecule has 0 amide bonds. The average Bonchev–Trinajstić information content (AvgIpc) is 3.19. The number of allylic oxidation sites excluding steroid dienone is 1. The quantitative estimate of drug-likeness (QED) is 0.260. The van der Waals surface area contributed by atoms with Gasteiger partial charge in [0.1, 0.15) is 5.75 Å². The summed E-state index contributed by atoms with van der Waals surface area (Å²) >= 11 is 1.57. The van der Waals surface area contributed by atoms with Gasteiger partial charge in [-0.25, -0.2) is 4.79 Å². The number of esters is 1. The molecule has 26 heavy (non-hydrogen) atoms. The minimum Gasteiger partial charge on any atom is -0.423 e. The highest BCUT2D eigenvalue weighted by Gasteiger charge is 2.04. The second-order valence-corrected chi connectivity index (χ2v) is 6.38. The van der Waals surface area contributed by atoms with Gasteiger partial charge in [-0.15, -0.1) is 11.3 Å². The number of hydrogen-bond donors (Lipinski definition) is 0. The number of carbonyl (C=O) groups is 2. The van der Waals surface area contributed by atoms with Crippen LogP contribution in [-0.4, -0.2) is 11.8 Å². The summed E-state index contributed by atoms with van der Waals surface area (Å²) in [6.45, 7) is 0. The van der Waals surface area contributed by atoms with Crippen LogP contribution in [-0.2, 0) is 4.79 Å². The van der Waals surface area contributed by atoms with Gasteiger partial charge in [0.05, 0.1) is 0 Å². The zero-order valence-corrected chi connectivity index (χ0v) is 14.7. The molecule has 0 aliphatic heterocycles. The fraction of sp³-hybridized carbons (Fsp3) is 0. The highest BCUT2D eigenvalue weighted by atomic mass is 32.1. The summed E-state index contributed by atoms with van der Waals surface area (Å²) in [5.41, 5.74) is 1.46. The fourth-order valence-corrected chi connectivity index (χ4v) is 2.82. The van der Waals surface area contributed by atoms with E-state index in [4.69, 9.17) is 4.74 Å². The molecule has 1 aromatic heterocycles. The lowest BCUT2D eigenvalue weighted by atomic mass is 10.1. The summed E-state index contributed by atoms with van der Waals surface area (Å²) in [5, 5.41) is 1.96. The van der Waals surface area contributed by atoms with E-state index >= 15 is 0 Å². The van der Waals surface area contributed by atoms with E-state index in [1.165, 1.54) is 12.2 Å². The molecular formula is C22H16O3S. The van der Waals surface area contributed by atoms with E-state index < -0.39 is 5.97 Å². The fourth-order valence-electron chi connectivity index (χ4n) is 2.21. The second kappa shape index (κ2) is 8.74. The monoisotopic (exact) mass is 360 g/mol. The van der Waals surface area contributed by atoms with E-state index in [-0.39, 0.29) is 5.78 Å². The van der Waals surface area contributed by atoms with Crippen molar-refractivity contribution < 1.29 is 14.3 Å². The third-order valence-corrected chi connectivity index (χ3v) is 4.35. The summed E-state index contributed by atoms with van der Waals surface area (Å²) < 4.78 is 5.24. The van der Waals surface area contributed by atoms with Gasteiger partial charge < -0.3 is 4.74 Å². The molecule has 2 aromatic carbocycles. The molecule has 0 N–H and O–H groups in total. The van der Waals surface area contributed by atoms with Crippen molar-refractivity contribution in [2.75, 3.05) is 0 Å². The Morgan fingerprint density at radius 3 is 2.27 bits per heavy atom. The van der Waals surface area contributed by atoms with Crippen molar-refractivity contribution in [2.24, 2.45) is 0 Å². The Bertz CT molecular complexity index is 921. The molecule has 0 unspecified atom stereocenters. The maximum absolute atomic E-state index is 12.1. The van der Waals surface area contributed by atoms with Crippen LogP contribution in [0.1, 0.15) is 20.8 Å². The van der Waals surface area contributed by atoms with Crippen LogP contribution in [0.2, 0.25) is 0 Å². The molecule has 3 nitrogen and oxygen atoms in total. The number of ketones is 1. The average molecular weight is 360 g/mol. The summed E-state index contributed by atoms with van der Waals surface area (Å²) in [4.78, 5) is 25.0. The molecule has 128 valence electrons. The first kappa shape index (κ1) is 17.6. The molecule has 0 spiro atoms. The third-order valence-electron chi connectivity index (χ3n) is 3.51. The minimum atomic E-state index is -0.467. The van der Waals surface area contributed by atoms with Gasteiger partial charge in [-0.1, -0.05) is 36.4 Å². The number of ether oxygens (including phenoxy) is 1. The molecular weight excluding hydrogens is 344 g/mol. The van der Waals surface area contributed by atoms with Crippen molar-refractivity contribution in [1.82, 2.24) is 0 Å². The first-order valence-corrected chi connectivity index (χ1v) is 8.89. The van der Waals surface area contributed by atoms with Crippen LogP contribution in [0, 0.1) is 0 Å². The van der Waals surface area contributed by atoms with Gasteiger partial charge in [-0.3, -0.25) is 4.79 Å². The number of thiophene rings is 1. The van der Waals surface area contributed by atoms with Gasteiger partial charge in [0.2, 0.25) is 0 Å². The number of rotatable bonds is 6. The van der Waals surface area contributed by atoms with Crippen molar-refractivity contribution in [1.29, 1.82) is 0 Å². The smallest absolute Gasteiger partial charge is 0.336 e. The highest BCUT2D eigenvalue weighted by Crippen LogP contribution is 2.15. The van der Waals surface area contributed by atoms with Crippen molar-refractivity contribution in [2.45, 2.75) is 0 Å². The van der Waals surface area contributed by atoms with E-state index in [1.807, 2.05) is 47.8 Å². The minimum absolute atomic E-state index is 0.0970. The van der Waals surface area contributed by atoms with Crippen LogP contribution in [0.5, 0.6) is 5.75 Å². The molecule has 1 heterocycles. The predicted octanol–water partition coefficient (Wildman–Crippen LogP) is 5.26. The Morgan fingerprint density at radius 2 is 1.58 bits per heavy atom. The number of carbonyl (C=O) groups excluding carboxylic acids is 2. The van der Waals surface area contributed by atoms with Crippen LogP contribution in [0.4, 0.5) is 0 Å². The summed E-state index contributed by atoms with van der Waals surface area (Å²) in [5.74, 6) is -0.169. The molecule has 3 rings (SSSR count). The predicted molar refractivity (Wildman–Crippen MR) is 105 cm³/mol. The van der Waals surface area contributed by atoms with Crippen LogP contribution < -0.4 is 4.74 Å². The Hall–Kier alpha value is -3.24. The van der Waals surface area contributed by atoms with E-state index in [0.29, 0.717) is 11.3 Å². The SMILES string of the molecule is O=C(/C=C/c1ccccc1)Oc1ccc(C(=O)C=Cc2cccs2)cc1. The molecule has 4 heteroatoms. The Labute approximate surface area is 155 Å². The molecule has 0 aliphatic rings. The molecule has 0 radical (unpaired) electrons. The molecule has 0 bridgehead atoms.